The molecule has 0 saturated heterocycles. The van der Waals surface area contributed by atoms with E-state index in [1.807, 2.05) is 41.1 Å². The van der Waals surface area contributed by atoms with Crippen molar-refractivity contribution < 1.29 is 4.79 Å². The van der Waals surface area contributed by atoms with Crippen LogP contribution in [0.2, 0.25) is 0 Å². The van der Waals surface area contributed by atoms with E-state index in [1.165, 1.54) is 11.3 Å². The Morgan fingerprint density at radius 1 is 1.29 bits per heavy atom. The molecule has 0 aliphatic carbocycles. The van der Waals surface area contributed by atoms with Crippen LogP contribution in [0, 0.1) is 0 Å². The molecule has 21 heavy (non-hydrogen) atoms. The highest BCUT2D eigenvalue weighted by Gasteiger charge is 2.18. The van der Waals surface area contributed by atoms with E-state index in [1.54, 1.807) is 6.07 Å². The first-order chi connectivity index (χ1) is 10.3. The molecular weight excluding hydrogens is 286 g/mol. The van der Waals surface area contributed by atoms with Crippen LogP contribution in [-0.2, 0) is 6.42 Å². The monoisotopic (exact) mass is 299 g/mol. The van der Waals surface area contributed by atoms with Crippen molar-refractivity contribution in [3.05, 3.63) is 64.1 Å². The lowest BCUT2D eigenvalue weighted by atomic mass is 10.0. The Labute approximate surface area is 125 Å². The summed E-state index contributed by atoms with van der Waals surface area (Å²) in [5.74, 6) is 0.461. The van der Waals surface area contributed by atoms with E-state index in [2.05, 4.69) is 25.9 Å². The minimum atomic E-state index is -0.198. The van der Waals surface area contributed by atoms with Gasteiger partial charge in [0.15, 0.2) is 5.82 Å². The molecule has 1 atom stereocenters. The number of aromatic nitrogens is 4. The van der Waals surface area contributed by atoms with Crippen LogP contribution in [0.3, 0.4) is 0 Å². The van der Waals surface area contributed by atoms with Crippen molar-refractivity contribution in [2.75, 3.05) is 0 Å². The van der Waals surface area contributed by atoms with Crippen molar-refractivity contribution in [1.29, 1.82) is 0 Å². The van der Waals surface area contributed by atoms with Crippen LogP contribution in [-0.4, -0.2) is 26.5 Å². The summed E-state index contributed by atoms with van der Waals surface area (Å²) in [6.07, 6.45) is 0.483. The molecule has 2 N–H and O–H groups in total. The summed E-state index contributed by atoms with van der Waals surface area (Å²) in [5.41, 5.74) is 1.67. The number of aromatic amines is 1. The quantitative estimate of drug-likeness (QED) is 0.754. The van der Waals surface area contributed by atoms with Gasteiger partial charge in [-0.1, -0.05) is 35.5 Å². The lowest BCUT2D eigenvalue weighted by Gasteiger charge is -2.17. The molecule has 0 radical (unpaired) electrons. The van der Waals surface area contributed by atoms with Crippen LogP contribution in [0.25, 0.3) is 0 Å². The largest absolute Gasteiger partial charge is 0.345 e. The number of tetrazole rings is 1. The average Bonchev–Trinajstić information content (AvgIpc) is 3.21. The minimum absolute atomic E-state index is 0.103. The molecule has 1 aromatic carbocycles. The van der Waals surface area contributed by atoms with Crippen molar-refractivity contribution >= 4 is 17.2 Å². The zero-order valence-corrected chi connectivity index (χ0v) is 11.9. The maximum absolute atomic E-state index is 12.2. The number of carbonyl (C=O) groups excluding carboxylic acids is 1. The summed E-state index contributed by atoms with van der Waals surface area (Å²) >= 11 is 1.50. The molecule has 0 aliphatic heterocycles. The maximum atomic E-state index is 12.2. The van der Waals surface area contributed by atoms with Crippen molar-refractivity contribution in [3.8, 4) is 0 Å². The van der Waals surface area contributed by atoms with E-state index in [9.17, 15) is 4.79 Å². The van der Waals surface area contributed by atoms with E-state index in [0.717, 1.165) is 5.56 Å². The molecule has 1 unspecified atom stereocenters. The van der Waals surface area contributed by atoms with Crippen LogP contribution in [0.4, 0.5) is 0 Å². The van der Waals surface area contributed by atoms with Gasteiger partial charge in [0.1, 0.15) is 0 Å². The van der Waals surface area contributed by atoms with E-state index >= 15 is 0 Å². The SMILES string of the molecule is O=C(NC(Cc1nn[nH]n1)c1ccccc1)c1ccsc1. The highest BCUT2D eigenvalue weighted by Crippen LogP contribution is 2.17. The first-order valence-electron chi connectivity index (χ1n) is 6.43. The van der Waals surface area contributed by atoms with Crippen LogP contribution in [0.1, 0.15) is 27.8 Å². The summed E-state index contributed by atoms with van der Waals surface area (Å²) in [7, 11) is 0. The second-order valence-corrected chi connectivity index (χ2v) is 5.26. The minimum Gasteiger partial charge on any atom is -0.345 e. The topological polar surface area (TPSA) is 83.6 Å². The van der Waals surface area contributed by atoms with Gasteiger partial charge in [-0.2, -0.15) is 16.6 Å². The van der Waals surface area contributed by atoms with Gasteiger partial charge in [0.25, 0.3) is 5.91 Å². The van der Waals surface area contributed by atoms with Gasteiger partial charge in [-0.25, -0.2) is 0 Å². The molecule has 0 spiro atoms. The third-order valence-electron chi connectivity index (χ3n) is 3.07. The van der Waals surface area contributed by atoms with Gasteiger partial charge in [-0.3, -0.25) is 4.79 Å². The Morgan fingerprint density at radius 2 is 2.14 bits per heavy atom. The fourth-order valence-corrected chi connectivity index (χ4v) is 2.66. The first-order valence-corrected chi connectivity index (χ1v) is 7.37. The maximum Gasteiger partial charge on any atom is 0.252 e. The lowest BCUT2D eigenvalue weighted by Crippen LogP contribution is -2.30. The second kappa shape index (κ2) is 6.27. The summed E-state index contributed by atoms with van der Waals surface area (Å²) < 4.78 is 0. The van der Waals surface area contributed by atoms with Crippen molar-refractivity contribution in [2.45, 2.75) is 12.5 Å². The van der Waals surface area contributed by atoms with Crippen molar-refractivity contribution in [2.24, 2.45) is 0 Å². The summed E-state index contributed by atoms with van der Waals surface area (Å²) in [6, 6.07) is 11.4. The van der Waals surface area contributed by atoms with Crippen molar-refractivity contribution in [1.82, 2.24) is 25.9 Å². The summed E-state index contributed by atoms with van der Waals surface area (Å²) in [6.45, 7) is 0. The molecule has 0 fully saturated rings. The number of hydrogen-bond donors (Lipinski definition) is 2. The molecule has 1 amide bonds. The fraction of sp³-hybridized carbons (Fsp3) is 0.143. The van der Waals surface area contributed by atoms with Crippen LogP contribution < -0.4 is 5.32 Å². The smallest absolute Gasteiger partial charge is 0.252 e. The normalized spacial score (nSPS) is 12.0. The fourth-order valence-electron chi connectivity index (χ4n) is 2.02. The number of thiophene rings is 1. The van der Waals surface area contributed by atoms with Gasteiger partial charge in [0, 0.05) is 11.8 Å². The van der Waals surface area contributed by atoms with Gasteiger partial charge in [-0.05, 0) is 17.0 Å². The number of nitrogens with one attached hydrogen (secondary N) is 2. The molecule has 106 valence electrons. The van der Waals surface area contributed by atoms with Crippen LogP contribution in [0.5, 0.6) is 0 Å². The van der Waals surface area contributed by atoms with Gasteiger partial charge < -0.3 is 5.32 Å². The summed E-state index contributed by atoms with van der Waals surface area (Å²) in [5, 5.41) is 20.6. The van der Waals surface area contributed by atoms with E-state index in [-0.39, 0.29) is 11.9 Å². The van der Waals surface area contributed by atoms with Crippen LogP contribution >= 0.6 is 11.3 Å². The number of benzene rings is 1. The Bertz CT molecular complexity index is 682. The third-order valence-corrected chi connectivity index (χ3v) is 3.75. The Kier molecular flexibility index (Phi) is 4.02. The average molecular weight is 299 g/mol. The number of carbonyl (C=O) groups is 1. The molecule has 0 aliphatic rings. The second-order valence-electron chi connectivity index (χ2n) is 4.48. The number of hydrogen-bond acceptors (Lipinski definition) is 5. The van der Waals surface area contributed by atoms with E-state index in [0.29, 0.717) is 17.8 Å². The molecule has 0 bridgehead atoms. The van der Waals surface area contributed by atoms with E-state index < -0.39 is 0 Å². The predicted molar refractivity (Wildman–Crippen MR) is 78.8 cm³/mol. The summed E-state index contributed by atoms with van der Waals surface area (Å²) in [4.78, 5) is 12.2. The Balaban J connectivity index is 1.80. The van der Waals surface area contributed by atoms with Gasteiger partial charge >= 0.3 is 0 Å². The molecule has 7 heteroatoms. The molecule has 2 heterocycles. The molecule has 3 rings (SSSR count). The molecule has 3 aromatic rings. The lowest BCUT2D eigenvalue weighted by molar-refractivity contribution is 0.0936. The van der Waals surface area contributed by atoms with Gasteiger partial charge in [0.2, 0.25) is 0 Å². The van der Waals surface area contributed by atoms with Gasteiger partial charge in [-0.15, -0.1) is 10.2 Å². The number of nitrogens with zero attached hydrogens (tertiary/aromatic N) is 3. The standard InChI is InChI=1S/C14H13N5OS/c20-14(11-6-7-21-9-11)15-12(8-13-16-18-19-17-13)10-4-2-1-3-5-10/h1-7,9,12H,8H2,(H,15,20)(H,16,17,18,19). The Hall–Kier alpha value is -2.54. The highest BCUT2D eigenvalue weighted by molar-refractivity contribution is 7.08. The van der Waals surface area contributed by atoms with E-state index in [4.69, 9.17) is 0 Å². The highest BCUT2D eigenvalue weighted by atomic mass is 32.1. The first kappa shape index (κ1) is 13.4. The number of H-pyrrole nitrogens is 1. The van der Waals surface area contributed by atoms with Crippen LogP contribution in [0.15, 0.2) is 47.2 Å². The number of amides is 1. The predicted octanol–water partition coefficient (Wildman–Crippen LogP) is 1.97. The Morgan fingerprint density at radius 3 is 2.81 bits per heavy atom. The van der Waals surface area contributed by atoms with Gasteiger partial charge in [0.05, 0.1) is 11.6 Å². The molecule has 2 aromatic heterocycles. The van der Waals surface area contributed by atoms with Crippen molar-refractivity contribution in [3.63, 3.8) is 0 Å². The number of rotatable bonds is 5. The zero-order chi connectivity index (χ0) is 14.5. The molecule has 0 saturated carbocycles. The zero-order valence-electron chi connectivity index (χ0n) is 11.1. The molecular formula is C14H13N5OS. The third kappa shape index (κ3) is 3.32. The molecule has 6 nitrogen and oxygen atoms in total.